The van der Waals surface area contributed by atoms with Crippen molar-refractivity contribution in [2.24, 2.45) is 5.41 Å². The molecule has 3 amide bonds. The van der Waals surface area contributed by atoms with E-state index in [1.165, 1.54) is 4.90 Å². The van der Waals surface area contributed by atoms with Crippen LogP contribution in [0.4, 0.5) is 18.0 Å². The highest BCUT2D eigenvalue weighted by atomic mass is 19.4. The van der Waals surface area contributed by atoms with Crippen LogP contribution in [-0.2, 0) is 11.0 Å². The van der Waals surface area contributed by atoms with Crippen LogP contribution in [0.15, 0.2) is 36.4 Å². The van der Waals surface area contributed by atoms with Crippen molar-refractivity contribution in [3.63, 3.8) is 0 Å². The van der Waals surface area contributed by atoms with E-state index in [4.69, 9.17) is 0 Å². The maximum absolute atomic E-state index is 14.2. The van der Waals surface area contributed by atoms with E-state index in [-0.39, 0.29) is 50.6 Å². The summed E-state index contributed by atoms with van der Waals surface area (Å²) in [5, 5.41) is 19.6. The number of hydrogen-bond acceptors (Lipinski definition) is 4. The van der Waals surface area contributed by atoms with Gasteiger partial charge in [-0.05, 0) is 75.8 Å². The van der Waals surface area contributed by atoms with Gasteiger partial charge in [0.05, 0.1) is 29.1 Å². The van der Waals surface area contributed by atoms with Crippen molar-refractivity contribution in [3.05, 3.63) is 69.8 Å². The number of benzene rings is 2. The molecule has 2 unspecified atom stereocenters. The van der Waals surface area contributed by atoms with Crippen LogP contribution in [0.25, 0.3) is 0 Å². The fourth-order valence-electron chi connectivity index (χ4n) is 6.69. The Morgan fingerprint density at radius 2 is 1.71 bits per heavy atom. The van der Waals surface area contributed by atoms with Crippen molar-refractivity contribution in [2.75, 3.05) is 33.4 Å². The Bertz CT molecular complexity index is 1290. The number of fused-ring (bicyclic) bond motifs is 1. The van der Waals surface area contributed by atoms with E-state index in [1.54, 1.807) is 36.8 Å². The van der Waals surface area contributed by atoms with Gasteiger partial charge in [-0.2, -0.15) is 13.2 Å². The van der Waals surface area contributed by atoms with Gasteiger partial charge in [0.2, 0.25) is 5.91 Å². The maximum Gasteiger partial charge on any atom is 0.416 e. The second-order valence-corrected chi connectivity index (χ2v) is 11.7. The first-order valence-electron chi connectivity index (χ1n) is 14.1. The van der Waals surface area contributed by atoms with Gasteiger partial charge < -0.3 is 24.9 Å². The van der Waals surface area contributed by atoms with Gasteiger partial charge in [-0.25, -0.2) is 4.79 Å². The molecule has 2 fully saturated rings. The summed E-state index contributed by atoms with van der Waals surface area (Å²) in [7, 11) is 1.59. The third-order valence-electron chi connectivity index (χ3n) is 8.96. The second kappa shape index (κ2) is 11.6. The number of aliphatic hydroxyl groups excluding tert-OH is 2. The highest BCUT2D eigenvalue weighted by Gasteiger charge is 2.56. The summed E-state index contributed by atoms with van der Waals surface area (Å²) in [5.74, 6) is -0.117. The number of piperazine rings is 1. The fraction of sp³-hybridized carbons (Fsp3) is 0.548. The molecule has 0 bridgehead atoms. The Labute approximate surface area is 239 Å². The summed E-state index contributed by atoms with van der Waals surface area (Å²) in [6.45, 7) is 7.40. The predicted molar refractivity (Wildman–Crippen MR) is 149 cm³/mol. The lowest BCUT2D eigenvalue weighted by Gasteiger charge is -2.47. The molecular weight excluding hydrogens is 535 g/mol. The summed E-state index contributed by atoms with van der Waals surface area (Å²) in [5.41, 5.74) is 2.09. The molecule has 3 atom stereocenters. The minimum absolute atomic E-state index is 0.117. The number of aryl methyl sites for hydroxylation is 3. The van der Waals surface area contributed by atoms with E-state index in [0.717, 1.165) is 28.8 Å². The normalized spacial score (nSPS) is 21.2. The van der Waals surface area contributed by atoms with Crippen molar-refractivity contribution < 1.29 is 33.0 Å². The SMILES string of the molecule is Cc1cc([C@@H](C)N(C)C(=O)N2CCN3C(=O)C(CCO)(CCO)CC3C2c2ccc(C)cc2C)cc(C(F)(F)F)c1. The van der Waals surface area contributed by atoms with Gasteiger partial charge in [-0.1, -0.05) is 35.4 Å². The van der Waals surface area contributed by atoms with E-state index in [0.29, 0.717) is 24.1 Å². The number of carbonyl (C=O) groups is 2. The van der Waals surface area contributed by atoms with Crippen molar-refractivity contribution in [1.82, 2.24) is 14.7 Å². The number of aliphatic hydroxyl groups is 2. The molecule has 224 valence electrons. The van der Waals surface area contributed by atoms with Gasteiger partial charge >= 0.3 is 12.2 Å². The number of urea groups is 1. The number of carbonyl (C=O) groups excluding carboxylic acids is 2. The number of hydrogen-bond donors (Lipinski definition) is 2. The van der Waals surface area contributed by atoms with Crippen molar-refractivity contribution in [3.8, 4) is 0 Å². The zero-order chi connectivity index (χ0) is 30.3. The molecule has 2 aromatic rings. The Hall–Kier alpha value is -3.11. The minimum atomic E-state index is -4.50. The van der Waals surface area contributed by atoms with E-state index < -0.39 is 29.2 Å². The second-order valence-electron chi connectivity index (χ2n) is 11.7. The number of amides is 3. The van der Waals surface area contributed by atoms with Crippen LogP contribution in [0.3, 0.4) is 0 Å². The largest absolute Gasteiger partial charge is 0.416 e. The average molecular weight is 576 g/mol. The lowest BCUT2D eigenvalue weighted by Crippen LogP contribution is -2.57. The molecule has 0 aromatic heterocycles. The summed E-state index contributed by atoms with van der Waals surface area (Å²) in [6, 6.07) is 7.95. The van der Waals surface area contributed by atoms with Crippen LogP contribution < -0.4 is 0 Å². The molecule has 10 heteroatoms. The Morgan fingerprint density at radius 1 is 1.05 bits per heavy atom. The topological polar surface area (TPSA) is 84.3 Å². The fourth-order valence-corrected chi connectivity index (χ4v) is 6.69. The third-order valence-corrected chi connectivity index (χ3v) is 8.96. The lowest BCUT2D eigenvalue weighted by molar-refractivity contribution is -0.140. The van der Waals surface area contributed by atoms with Gasteiger partial charge in [-0.15, -0.1) is 0 Å². The first-order chi connectivity index (χ1) is 19.2. The smallest absolute Gasteiger partial charge is 0.396 e. The molecule has 2 aliphatic rings. The predicted octanol–water partition coefficient (Wildman–Crippen LogP) is 5.15. The van der Waals surface area contributed by atoms with Crippen LogP contribution in [0.1, 0.15) is 71.7 Å². The molecule has 4 rings (SSSR count). The van der Waals surface area contributed by atoms with Crippen molar-refractivity contribution in [2.45, 2.75) is 71.3 Å². The zero-order valence-corrected chi connectivity index (χ0v) is 24.3. The first kappa shape index (κ1) is 30.8. The number of rotatable bonds is 7. The van der Waals surface area contributed by atoms with E-state index in [2.05, 4.69) is 0 Å². The Morgan fingerprint density at radius 3 is 2.29 bits per heavy atom. The molecule has 0 aliphatic carbocycles. The summed E-state index contributed by atoms with van der Waals surface area (Å²) >= 11 is 0. The Kier molecular flexibility index (Phi) is 8.76. The molecule has 0 saturated carbocycles. The van der Waals surface area contributed by atoms with E-state index >= 15 is 0 Å². The molecule has 2 aromatic carbocycles. The van der Waals surface area contributed by atoms with Gasteiger partial charge in [0.25, 0.3) is 0 Å². The van der Waals surface area contributed by atoms with Crippen LogP contribution in [0, 0.1) is 26.2 Å². The molecule has 0 spiro atoms. The van der Waals surface area contributed by atoms with E-state index in [1.807, 2.05) is 32.0 Å². The molecule has 2 heterocycles. The number of nitrogens with zero attached hydrogens (tertiary/aromatic N) is 3. The quantitative estimate of drug-likeness (QED) is 0.478. The number of alkyl halides is 3. The van der Waals surface area contributed by atoms with Gasteiger partial charge in [0.15, 0.2) is 0 Å². The molecule has 2 aliphatic heterocycles. The monoisotopic (exact) mass is 575 g/mol. The van der Waals surface area contributed by atoms with Gasteiger partial charge in [0.1, 0.15) is 0 Å². The average Bonchev–Trinajstić information content (AvgIpc) is 3.18. The lowest BCUT2D eigenvalue weighted by atomic mass is 9.77. The van der Waals surface area contributed by atoms with Crippen LogP contribution in [-0.4, -0.2) is 76.2 Å². The summed E-state index contributed by atoms with van der Waals surface area (Å²) in [4.78, 5) is 32.9. The third kappa shape index (κ3) is 5.81. The van der Waals surface area contributed by atoms with E-state index in [9.17, 15) is 33.0 Å². The summed E-state index contributed by atoms with van der Waals surface area (Å²) < 4.78 is 40.6. The molecule has 0 radical (unpaired) electrons. The van der Waals surface area contributed by atoms with Gasteiger partial charge in [-0.3, -0.25) is 4.79 Å². The number of halogens is 3. The summed E-state index contributed by atoms with van der Waals surface area (Å²) in [6.07, 6.45) is -3.68. The minimum Gasteiger partial charge on any atom is -0.396 e. The standard InChI is InChI=1S/C31H40F3N3O4/c1-19-6-7-25(21(3)14-19)27-26-18-30(8-12-38,9-13-39)28(40)36(26)10-11-37(27)29(41)35(5)22(4)23-15-20(2)16-24(17-23)31(32,33)34/h6-7,14-17,22,26-27,38-39H,8-13,18H2,1-5H3/t22-,26?,27?/m1/s1. The molecule has 41 heavy (non-hydrogen) atoms. The van der Waals surface area contributed by atoms with Crippen molar-refractivity contribution in [1.29, 1.82) is 0 Å². The molecule has 2 N–H and O–H groups in total. The van der Waals surface area contributed by atoms with Gasteiger partial charge in [0, 0.05) is 33.4 Å². The Balaban J connectivity index is 1.73. The first-order valence-corrected chi connectivity index (χ1v) is 14.1. The maximum atomic E-state index is 14.2. The van der Waals surface area contributed by atoms with Crippen molar-refractivity contribution >= 4 is 11.9 Å². The zero-order valence-electron chi connectivity index (χ0n) is 24.3. The molecular formula is C31H40F3N3O4. The van der Waals surface area contributed by atoms with Crippen LogP contribution >= 0.6 is 0 Å². The van der Waals surface area contributed by atoms with Crippen LogP contribution in [0.5, 0.6) is 0 Å². The highest BCUT2D eigenvalue weighted by molar-refractivity contribution is 5.86. The molecule has 7 nitrogen and oxygen atoms in total. The molecule has 2 saturated heterocycles. The highest BCUT2D eigenvalue weighted by Crippen LogP contribution is 2.49. The van der Waals surface area contributed by atoms with Crippen LogP contribution in [0.2, 0.25) is 0 Å².